The maximum Gasteiger partial charge on any atom is 0.294 e. The highest BCUT2D eigenvalue weighted by atomic mass is 32.3. The van der Waals surface area contributed by atoms with Crippen LogP contribution in [0.15, 0.2) is 63.0 Å². The Morgan fingerprint density at radius 1 is 1.00 bits per heavy atom. The Labute approximate surface area is 284 Å². The number of sulfonamides is 2. The number of nitrogens with one attached hydrogen (secondary N) is 1. The molecule has 0 unspecified atom stereocenters. The van der Waals surface area contributed by atoms with E-state index in [1.54, 1.807) is 6.92 Å². The Morgan fingerprint density at radius 2 is 1.55 bits per heavy atom. The van der Waals surface area contributed by atoms with Crippen molar-refractivity contribution in [3.8, 4) is 0 Å². The number of benzene rings is 2. The van der Waals surface area contributed by atoms with Crippen molar-refractivity contribution in [2.45, 2.75) is 41.0 Å². The fourth-order valence-corrected chi connectivity index (χ4v) is 9.79. The van der Waals surface area contributed by atoms with Crippen molar-refractivity contribution in [2.75, 3.05) is 33.4 Å². The van der Waals surface area contributed by atoms with Crippen molar-refractivity contribution in [1.29, 1.82) is 0 Å². The van der Waals surface area contributed by atoms with Gasteiger partial charge in [0.25, 0.3) is 42.0 Å². The van der Waals surface area contributed by atoms with E-state index in [4.69, 9.17) is 4.74 Å². The molecule has 2 heterocycles. The van der Waals surface area contributed by atoms with Crippen molar-refractivity contribution in [1.82, 2.24) is 13.9 Å². The standard InChI is InChI=1S/C28H31N5O13S3/c1-3-31(27(35)22-11-7-20(8-12-22)18-46-33(38)39)24-16-30(13-4-14-44-2)49(42,43)28-23(24)15-25(47-28)48(40,41)29-26(34)21-9-5-19(6-10-21)17-45-32(36)37/h5-12,15,24H,3-4,13-14,16-18H2,1-2H3,(H,29,34)/t24-/m0/s1. The third-order valence-electron chi connectivity index (χ3n) is 7.33. The Kier molecular flexibility index (Phi) is 11.9. The lowest BCUT2D eigenvalue weighted by Gasteiger charge is -2.38. The second-order valence-corrected chi connectivity index (χ2v) is 15.5. The fraction of sp³-hybridized carbons (Fsp3) is 0.357. The normalized spacial score (nSPS) is 15.5. The Balaban J connectivity index is 1.66. The Morgan fingerprint density at radius 3 is 2.06 bits per heavy atom. The van der Waals surface area contributed by atoms with E-state index in [1.165, 1.54) is 60.5 Å². The van der Waals surface area contributed by atoms with E-state index >= 15 is 0 Å². The number of carbonyl (C=O) groups excluding carboxylic acids is 2. The molecular formula is C28H31N5O13S3. The van der Waals surface area contributed by atoms with E-state index in [2.05, 4.69) is 9.68 Å². The van der Waals surface area contributed by atoms with Gasteiger partial charge in [0.15, 0.2) is 0 Å². The smallest absolute Gasteiger partial charge is 0.294 e. The van der Waals surface area contributed by atoms with Gasteiger partial charge >= 0.3 is 0 Å². The lowest BCUT2D eigenvalue weighted by Crippen LogP contribution is -2.47. The molecule has 0 fully saturated rings. The summed E-state index contributed by atoms with van der Waals surface area (Å²) < 4.78 is 61.7. The van der Waals surface area contributed by atoms with Gasteiger partial charge in [-0.3, -0.25) is 9.59 Å². The molecule has 1 atom stereocenters. The molecule has 0 saturated carbocycles. The highest BCUT2D eigenvalue weighted by Crippen LogP contribution is 2.43. The van der Waals surface area contributed by atoms with Gasteiger partial charge in [0, 0.05) is 50.0 Å². The molecule has 49 heavy (non-hydrogen) atoms. The van der Waals surface area contributed by atoms with Crippen LogP contribution in [0.25, 0.3) is 0 Å². The number of rotatable bonds is 16. The van der Waals surface area contributed by atoms with E-state index in [1.807, 2.05) is 4.72 Å². The summed E-state index contributed by atoms with van der Waals surface area (Å²) in [5.74, 6) is -1.54. The van der Waals surface area contributed by atoms with Gasteiger partial charge in [-0.05, 0) is 54.8 Å². The Hall–Kier alpha value is -4.70. The topological polar surface area (TPSA) is 235 Å². The second-order valence-electron chi connectivity index (χ2n) is 10.4. The predicted molar refractivity (Wildman–Crippen MR) is 170 cm³/mol. The quantitative estimate of drug-likeness (QED) is 0.126. The molecule has 2 amide bonds. The van der Waals surface area contributed by atoms with Gasteiger partial charge in [-0.25, -0.2) is 21.6 Å². The lowest BCUT2D eigenvalue weighted by atomic mass is 10.1. The molecule has 0 spiro atoms. The SMILES string of the molecule is CCN(C(=O)c1ccc(CO[N+](=O)[O-])cc1)[C@H]1CN(CCCOC)S(=O)(=O)c2sc(S(=O)(=O)NC(=O)c3ccc(CO[N+](=O)[O-])cc3)cc21. The molecule has 1 N–H and O–H groups in total. The average Bonchev–Trinajstić information content (AvgIpc) is 3.53. The van der Waals surface area contributed by atoms with Crippen molar-refractivity contribution in [3.63, 3.8) is 0 Å². The summed E-state index contributed by atoms with van der Waals surface area (Å²) in [6.07, 6.45) is 0.315. The van der Waals surface area contributed by atoms with Crippen LogP contribution in [-0.2, 0) is 47.7 Å². The van der Waals surface area contributed by atoms with Crippen LogP contribution in [0.2, 0.25) is 0 Å². The first-order valence-corrected chi connectivity index (χ1v) is 18.1. The highest BCUT2D eigenvalue weighted by molar-refractivity contribution is 7.94. The summed E-state index contributed by atoms with van der Waals surface area (Å²) in [4.78, 5) is 57.6. The molecule has 0 saturated heterocycles. The number of carbonyl (C=O) groups is 2. The number of amides is 2. The summed E-state index contributed by atoms with van der Waals surface area (Å²) in [5.41, 5.74) is 0.939. The van der Waals surface area contributed by atoms with Crippen molar-refractivity contribution >= 4 is 43.2 Å². The van der Waals surface area contributed by atoms with Crippen LogP contribution in [0, 0.1) is 20.2 Å². The van der Waals surface area contributed by atoms with E-state index in [0.717, 1.165) is 10.4 Å². The molecule has 0 aliphatic carbocycles. The monoisotopic (exact) mass is 741 g/mol. The fourth-order valence-electron chi connectivity index (χ4n) is 4.95. The van der Waals surface area contributed by atoms with Crippen LogP contribution in [0.1, 0.15) is 56.8 Å². The minimum atomic E-state index is -4.63. The number of likely N-dealkylation sites (N-methyl/N-ethyl adjacent to an activating group) is 1. The molecule has 0 radical (unpaired) electrons. The largest absolute Gasteiger partial charge is 0.385 e. The predicted octanol–water partition coefficient (Wildman–Crippen LogP) is 2.53. The Bertz CT molecular complexity index is 1920. The zero-order valence-electron chi connectivity index (χ0n) is 26.0. The van der Waals surface area contributed by atoms with Gasteiger partial charge in [-0.15, -0.1) is 31.6 Å². The number of fused-ring (bicyclic) bond motifs is 1. The van der Waals surface area contributed by atoms with E-state index in [0.29, 0.717) is 28.9 Å². The maximum absolute atomic E-state index is 13.8. The number of nitrogens with zero attached hydrogens (tertiary/aromatic N) is 4. The number of ether oxygens (including phenoxy) is 1. The number of hydrogen-bond acceptors (Lipinski definition) is 14. The van der Waals surface area contributed by atoms with E-state index in [-0.39, 0.29) is 60.4 Å². The van der Waals surface area contributed by atoms with Crippen LogP contribution < -0.4 is 4.72 Å². The first kappa shape index (κ1) is 37.1. The summed E-state index contributed by atoms with van der Waals surface area (Å²) in [5, 5.41) is 19.0. The van der Waals surface area contributed by atoms with Crippen LogP contribution in [0.3, 0.4) is 0 Å². The lowest BCUT2D eigenvalue weighted by molar-refractivity contribution is -0.763. The molecular weight excluding hydrogens is 711 g/mol. The van der Waals surface area contributed by atoms with Crippen molar-refractivity contribution < 1.29 is 51.0 Å². The van der Waals surface area contributed by atoms with Gasteiger partial charge in [0.1, 0.15) is 21.6 Å². The molecule has 2 aromatic carbocycles. The van der Waals surface area contributed by atoms with Crippen LogP contribution >= 0.6 is 11.3 Å². The molecule has 3 aromatic rings. The first-order chi connectivity index (χ1) is 23.2. The third-order valence-corrected chi connectivity index (χ3v) is 12.7. The van der Waals surface area contributed by atoms with Crippen molar-refractivity contribution in [3.05, 3.63) is 103 Å². The summed E-state index contributed by atoms with van der Waals surface area (Å²) in [7, 11) is -7.40. The van der Waals surface area contributed by atoms with Gasteiger partial charge in [0.2, 0.25) is 0 Å². The summed E-state index contributed by atoms with van der Waals surface area (Å²) in [6.45, 7) is 1.13. The molecule has 0 bridgehead atoms. The average molecular weight is 742 g/mol. The van der Waals surface area contributed by atoms with Crippen LogP contribution in [-0.4, -0.2) is 81.4 Å². The second kappa shape index (κ2) is 15.7. The number of thiophene rings is 1. The summed E-state index contributed by atoms with van der Waals surface area (Å²) in [6, 6.07) is 11.2. The molecule has 1 aromatic heterocycles. The molecule has 1 aliphatic heterocycles. The minimum Gasteiger partial charge on any atom is -0.385 e. The van der Waals surface area contributed by atoms with Crippen LogP contribution in [0.5, 0.6) is 0 Å². The number of hydrogen-bond donors (Lipinski definition) is 1. The van der Waals surface area contributed by atoms with Crippen LogP contribution in [0.4, 0.5) is 0 Å². The number of methoxy groups -OCH3 is 1. The van der Waals surface area contributed by atoms with E-state index < -0.39 is 52.3 Å². The molecule has 21 heteroatoms. The first-order valence-electron chi connectivity index (χ1n) is 14.4. The molecule has 1 aliphatic rings. The van der Waals surface area contributed by atoms with Gasteiger partial charge in [-0.2, -0.15) is 4.31 Å². The maximum atomic E-state index is 13.8. The van der Waals surface area contributed by atoms with Gasteiger partial charge in [-0.1, -0.05) is 24.3 Å². The van der Waals surface area contributed by atoms with Gasteiger partial charge in [0.05, 0.1) is 6.04 Å². The zero-order valence-corrected chi connectivity index (χ0v) is 28.5. The van der Waals surface area contributed by atoms with E-state index in [9.17, 15) is 46.7 Å². The van der Waals surface area contributed by atoms with Gasteiger partial charge < -0.3 is 19.3 Å². The highest BCUT2D eigenvalue weighted by Gasteiger charge is 2.43. The zero-order chi connectivity index (χ0) is 35.9. The third kappa shape index (κ3) is 8.86. The summed E-state index contributed by atoms with van der Waals surface area (Å²) >= 11 is 0.439. The van der Waals surface area contributed by atoms with Crippen molar-refractivity contribution in [2.24, 2.45) is 0 Å². The molecule has 18 nitrogen and oxygen atoms in total. The molecule has 264 valence electrons. The minimum absolute atomic E-state index is 0.0163. The molecule has 4 rings (SSSR count).